The Morgan fingerprint density at radius 2 is 1.96 bits per heavy atom. The molecule has 0 unspecified atom stereocenters. The maximum absolute atomic E-state index is 11.7. The number of piperidine rings is 1. The summed E-state index contributed by atoms with van der Waals surface area (Å²) < 4.78 is 16.0. The molecule has 0 aromatic heterocycles. The number of halogens is 1. The molecule has 1 aromatic rings. The quantitative estimate of drug-likeness (QED) is 0.712. The fourth-order valence-corrected chi connectivity index (χ4v) is 2.64. The maximum atomic E-state index is 11.7. The zero-order valence-corrected chi connectivity index (χ0v) is 14.6. The van der Waals surface area contributed by atoms with Gasteiger partial charge in [0.05, 0.1) is 19.6 Å². The third-order valence-electron chi connectivity index (χ3n) is 3.92. The first-order valence-corrected chi connectivity index (χ1v) is 7.88. The predicted octanol–water partition coefficient (Wildman–Crippen LogP) is 2.77. The lowest BCUT2D eigenvalue weighted by atomic mass is 9.97. The van der Waals surface area contributed by atoms with Gasteiger partial charge in [0.25, 0.3) is 0 Å². The Hall–Kier alpha value is -1.46. The van der Waals surface area contributed by atoms with Crippen LogP contribution in [0.2, 0.25) is 0 Å². The normalized spacial score (nSPS) is 15.6. The molecule has 0 spiro atoms. The molecule has 1 aromatic carbocycles. The number of methoxy groups -OCH3 is 1. The van der Waals surface area contributed by atoms with Gasteiger partial charge in [-0.2, -0.15) is 0 Å². The third-order valence-corrected chi connectivity index (χ3v) is 3.92. The summed E-state index contributed by atoms with van der Waals surface area (Å²) in [5.41, 5.74) is 0. The Bertz CT molecular complexity index is 475. The van der Waals surface area contributed by atoms with Crippen molar-refractivity contribution in [2.75, 3.05) is 40.0 Å². The highest BCUT2D eigenvalue weighted by Crippen LogP contribution is 2.20. The molecule has 1 heterocycles. The molecule has 0 atom stereocenters. The summed E-state index contributed by atoms with van der Waals surface area (Å²) >= 11 is 0. The molecule has 0 saturated carbocycles. The molecule has 0 radical (unpaired) electrons. The van der Waals surface area contributed by atoms with Gasteiger partial charge in [-0.25, -0.2) is 0 Å². The van der Waals surface area contributed by atoms with Gasteiger partial charge in [-0.1, -0.05) is 6.07 Å². The van der Waals surface area contributed by atoms with Crippen molar-refractivity contribution in [3.05, 3.63) is 24.3 Å². The van der Waals surface area contributed by atoms with Gasteiger partial charge in [-0.15, -0.1) is 12.4 Å². The van der Waals surface area contributed by atoms with Crippen LogP contribution in [0.25, 0.3) is 0 Å². The van der Waals surface area contributed by atoms with Crippen molar-refractivity contribution in [2.45, 2.75) is 19.8 Å². The van der Waals surface area contributed by atoms with E-state index in [1.807, 2.05) is 31.2 Å². The van der Waals surface area contributed by atoms with Crippen LogP contribution in [0.1, 0.15) is 19.8 Å². The zero-order valence-electron chi connectivity index (χ0n) is 13.8. The Kier molecular flexibility index (Phi) is 8.81. The second-order valence-electron chi connectivity index (χ2n) is 5.40. The van der Waals surface area contributed by atoms with Gasteiger partial charge in [0.2, 0.25) is 0 Å². The molecule has 0 N–H and O–H groups in total. The van der Waals surface area contributed by atoms with E-state index in [1.54, 1.807) is 7.11 Å². The minimum absolute atomic E-state index is 0. The molecular weight excluding hydrogens is 318 g/mol. The number of esters is 1. The van der Waals surface area contributed by atoms with Gasteiger partial charge < -0.3 is 14.2 Å². The average molecular weight is 344 g/mol. The number of carbonyl (C=O) groups is 1. The monoisotopic (exact) mass is 343 g/mol. The highest BCUT2D eigenvalue weighted by molar-refractivity contribution is 5.85. The SMILES string of the molecule is CCOC(=O)C1CCN(CCOc2cccc(OC)c2)CC1.Cl. The van der Waals surface area contributed by atoms with E-state index >= 15 is 0 Å². The van der Waals surface area contributed by atoms with E-state index in [9.17, 15) is 4.79 Å². The van der Waals surface area contributed by atoms with Gasteiger partial charge >= 0.3 is 5.97 Å². The number of ether oxygens (including phenoxy) is 3. The van der Waals surface area contributed by atoms with E-state index in [1.165, 1.54) is 0 Å². The molecule has 5 nitrogen and oxygen atoms in total. The number of hydrogen-bond donors (Lipinski definition) is 0. The van der Waals surface area contributed by atoms with Crippen molar-refractivity contribution in [1.29, 1.82) is 0 Å². The van der Waals surface area contributed by atoms with Crippen molar-refractivity contribution in [3.8, 4) is 11.5 Å². The van der Waals surface area contributed by atoms with Crippen LogP contribution in [0.15, 0.2) is 24.3 Å². The number of nitrogens with zero attached hydrogens (tertiary/aromatic N) is 1. The van der Waals surface area contributed by atoms with Crippen LogP contribution in [0.4, 0.5) is 0 Å². The molecule has 130 valence electrons. The topological polar surface area (TPSA) is 48.0 Å². The first-order chi connectivity index (χ1) is 10.7. The number of hydrogen-bond acceptors (Lipinski definition) is 5. The van der Waals surface area contributed by atoms with Crippen LogP contribution in [0.5, 0.6) is 11.5 Å². The number of rotatable bonds is 7. The molecule has 0 amide bonds. The van der Waals surface area contributed by atoms with Crippen molar-refractivity contribution >= 4 is 18.4 Å². The van der Waals surface area contributed by atoms with E-state index in [2.05, 4.69) is 4.90 Å². The molecule has 0 aliphatic carbocycles. The summed E-state index contributed by atoms with van der Waals surface area (Å²) in [5, 5.41) is 0. The average Bonchev–Trinajstić information content (AvgIpc) is 2.56. The van der Waals surface area contributed by atoms with Crippen molar-refractivity contribution in [2.24, 2.45) is 5.92 Å². The van der Waals surface area contributed by atoms with Crippen molar-refractivity contribution in [1.82, 2.24) is 4.90 Å². The van der Waals surface area contributed by atoms with Gasteiger partial charge in [0, 0.05) is 12.6 Å². The van der Waals surface area contributed by atoms with E-state index in [0.717, 1.165) is 44.0 Å². The second-order valence-corrected chi connectivity index (χ2v) is 5.40. The molecule has 2 rings (SSSR count). The molecular formula is C17H26ClNO4. The van der Waals surface area contributed by atoms with E-state index < -0.39 is 0 Å². The number of carbonyl (C=O) groups excluding carboxylic acids is 1. The lowest BCUT2D eigenvalue weighted by Crippen LogP contribution is -2.39. The van der Waals surface area contributed by atoms with Gasteiger partial charge in [-0.05, 0) is 45.0 Å². The Morgan fingerprint density at radius 1 is 1.26 bits per heavy atom. The predicted molar refractivity (Wildman–Crippen MR) is 91.5 cm³/mol. The second kappa shape index (κ2) is 10.3. The summed E-state index contributed by atoms with van der Waals surface area (Å²) in [7, 11) is 1.65. The van der Waals surface area contributed by atoms with Crippen LogP contribution in [0.3, 0.4) is 0 Å². The lowest BCUT2D eigenvalue weighted by molar-refractivity contribution is -0.149. The first-order valence-electron chi connectivity index (χ1n) is 7.88. The number of likely N-dealkylation sites (tertiary alicyclic amines) is 1. The van der Waals surface area contributed by atoms with E-state index in [-0.39, 0.29) is 24.3 Å². The van der Waals surface area contributed by atoms with Crippen molar-refractivity contribution < 1.29 is 19.0 Å². The largest absolute Gasteiger partial charge is 0.497 e. The molecule has 23 heavy (non-hydrogen) atoms. The molecule has 6 heteroatoms. The Labute approximate surface area is 144 Å². The van der Waals surface area contributed by atoms with Crippen molar-refractivity contribution in [3.63, 3.8) is 0 Å². The Balaban J connectivity index is 0.00000264. The zero-order chi connectivity index (χ0) is 15.8. The minimum atomic E-state index is -0.0465. The van der Waals surface area contributed by atoms with E-state index in [0.29, 0.717) is 13.2 Å². The fourth-order valence-electron chi connectivity index (χ4n) is 2.64. The fraction of sp³-hybridized carbons (Fsp3) is 0.588. The van der Waals surface area contributed by atoms with Crippen LogP contribution in [0, 0.1) is 5.92 Å². The van der Waals surface area contributed by atoms with Gasteiger partial charge in [0.15, 0.2) is 0 Å². The molecule has 1 aliphatic rings. The highest BCUT2D eigenvalue weighted by Gasteiger charge is 2.25. The standard InChI is InChI=1S/C17H25NO4.ClH/c1-3-21-17(19)14-7-9-18(10-8-14)11-12-22-16-6-4-5-15(13-16)20-2;/h4-6,13-14H,3,7-12H2,1-2H3;1H. The van der Waals surface area contributed by atoms with Crippen LogP contribution in [-0.4, -0.2) is 50.8 Å². The lowest BCUT2D eigenvalue weighted by Gasteiger charge is -2.30. The third kappa shape index (κ3) is 6.28. The maximum Gasteiger partial charge on any atom is 0.309 e. The summed E-state index contributed by atoms with van der Waals surface area (Å²) in [6.07, 6.45) is 1.75. The summed E-state index contributed by atoms with van der Waals surface area (Å²) in [6, 6.07) is 7.62. The molecule has 1 saturated heterocycles. The molecule has 1 aliphatic heterocycles. The summed E-state index contributed by atoms with van der Waals surface area (Å²) in [4.78, 5) is 14.0. The first kappa shape index (κ1) is 19.6. The van der Waals surface area contributed by atoms with Crippen LogP contribution >= 0.6 is 12.4 Å². The Morgan fingerprint density at radius 3 is 2.61 bits per heavy atom. The summed E-state index contributed by atoms with van der Waals surface area (Å²) in [5.74, 6) is 1.64. The summed E-state index contributed by atoms with van der Waals surface area (Å²) in [6.45, 7) is 5.66. The van der Waals surface area contributed by atoms with Crippen LogP contribution in [-0.2, 0) is 9.53 Å². The van der Waals surface area contributed by atoms with E-state index in [4.69, 9.17) is 14.2 Å². The van der Waals surface area contributed by atoms with Gasteiger partial charge in [0.1, 0.15) is 18.1 Å². The minimum Gasteiger partial charge on any atom is -0.497 e. The van der Waals surface area contributed by atoms with Crippen LogP contribution < -0.4 is 9.47 Å². The highest BCUT2D eigenvalue weighted by atomic mass is 35.5. The van der Waals surface area contributed by atoms with Gasteiger partial charge in [-0.3, -0.25) is 9.69 Å². The molecule has 1 fully saturated rings. The molecule has 0 bridgehead atoms. The smallest absolute Gasteiger partial charge is 0.309 e. The number of benzene rings is 1.